The Morgan fingerprint density at radius 1 is 0.970 bits per heavy atom. The smallest absolute Gasteiger partial charge is 0.270 e. The van der Waals surface area contributed by atoms with Crippen molar-refractivity contribution in [1.82, 2.24) is 15.5 Å². The number of benzene rings is 2. The summed E-state index contributed by atoms with van der Waals surface area (Å²) < 4.78 is 0. The van der Waals surface area contributed by atoms with E-state index in [2.05, 4.69) is 10.6 Å². The van der Waals surface area contributed by atoms with Crippen LogP contribution in [-0.2, 0) is 9.59 Å². The van der Waals surface area contributed by atoms with Gasteiger partial charge in [0.2, 0.25) is 11.8 Å². The molecule has 10 nitrogen and oxygen atoms in total. The zero-order valence-corrected chi connectivity index (χ0v) is 17.7. The maximum Gasteiger partial charge on any atom is 0.270 e. The van der Waals surface area contributed by atoms with Crippen molar-refractivity contribution in [2.45, 2.75) is 12.8 Å². The molecule has 0 saturated heterocycles. The van der Waals surface area contributed by atoms with E-state index in [0.29, 0.717) is 0 Å². The van der Waals surface area contributed by atoms with Gasteiger partial charge in [0.25, 0.3) is 17.5 Å². The second kappa shape index (κ2) is 10.8. The van der Waals surface area contributed by atoms with Gasteiger partial charge in [-0.3, -0.25) is 34.2 Å². The molecule has 2 aromatic rings. The lowest BCUT2D eigenvalue weighted by atomic mass is 10.1. The molecule has 1 aliphatic rings. The number of hydrogen-bond donors (Lipinski definition) is 2. The largest absolute Gasteiger partial charge is 0.354 e. The van der Waals surface area contributed by atoms with Crippen LogP contribution in [0.2, 0.25) is 0 Å². The van der Waals surface area contributed by atoms with E-state index in [1.807, 2.05) is 30.3 Å². The molecule has 10 heteroatoms. The van der Waals surface area contributed by atoms with Gasteiger partial charge < -0.3 is 10.6 Å². The molecule has 2 N–H and O–H groups in total. The molecular weight excluding hydrogens is 428 g/mol. The molecule has 33 heavy (non-hydrogen) atoms. The maximum atomic E-state index is 12.4. The van der Waals surface area contributed by atoms with Gasteiger partial charge in [-0.1, -0.05) is 30.3 Å². The summed E-state index contributed by atoms with van der Waals surface area (Å²) in [5.41, 5.74) is 0.749. The molecule has 1 aliphatic heterocycles. The number of rotatable bonds is 10. The summed E-state index contributed by atoms with van der Waals surface area (Å²) in [4.78, 5) is 59.8. The van der Waals surface area contributed by atoms with Gasteiger partial charge in [0.1, 0.15) is 0 Å². The third-order valence-corrected chi connectivity index (χ3v) is 4.92. The molecule has 1 heterocycles. The summed E-state index contributed by atoms with van der Waals surface area (Å²) in [6.07, 6.45) is 3.42. The number of fused-ring (bicyclic) bond motifs is 1. The van der Waals surface area contributed by atoms with Crippen LogP contribution in [0.5, 0.6) is 0 Å². The molecule has 2 aromatic carbocycles. The van der Waals surface area contributed by atoms with E-state index in [-0.39, 0.29) is 61.1 Å². The van der Waals surface area contributed by atoms with E-state index in [0.717, 1.165) is 16.5 Å². The molecule has 0 bridgehead atoms. The Labute approximate surface area is 189 Å². The second-order valence-electron chi connectivity index (χ2n) is 7.24. The maximum absolute atomic E-state index is 12.4. The fraction of sp³-hybridized carbons (Fsp3) is 0.217. The summed E-state index contributed by atoms with van der Waals surface area (Å²) in [6, 6.07) is 12.9. The van der Waals surface area contributed by atoms with E-state index in [4.69, 9.17) is 0 Å². The normalized spacial score (nSPS) is 12.7. The number of nitro benzene ring substituents is 1. The average Bonchev–Trinajstić information content (AvgIpc) is 3.05. The number of amides is 4. The molecule has 0 fully saturated rings. The van der Waals surface area contributed by atoms with Gasteiger partial charge in [0.05, 0.1) is 16.1 Å². The van der Waals surface area contributed by atoms with Crippen LogP contribution in [0, 0.1) is 10.1 Å². The van der Waals surface area contributed by atoms with E-state index in [9.17, 15) is 29.3 Å². The molecule has 0 unspecified atom stereocenters. The van der Waals surface area contributed by atoms with Crippen molar-refractivity contribution in [2.24, 2.45) is 0 Å². The van der Waals surface area contributed by atoms with Crippen LogP contribution in [0.3, 0.4) is 0 Å². The lowest BCUT2D eigenvalue weighted by molar-refractivity contribution is -0.384. The third-order valence-electron chi connectivity index (χ3n) is 4.92. The van der Waals surface area contributed by atoms with E-state index >= 15 is 0 Å². The van der Waals surface area contributed by atoms with Crippen molar-refractivity contribution in [3.8, 4) is 0 Å². The molecule has 0 saturated carbocycles. The highest BCUT2D eigenvalue weighted by Crippen LogP contribution is 2.26. The summed E-state index contributed by atoms with van der Waals surface area (Å²) in [7, 11) is 0. The Bertz CT molecular complexity index is 1110. The van der Waals surface area contributed by atoms with Crippen molar-refractivity contribution in [3.05, 3.63) is 81.4 Å². The molecule has 0 aliphatic carbocycles. The molecule has 0 radical (unpaired) electrons. The Hall–Kier alpha value is -4.34. The average molecular weight is 450 g/mol. The lowest BCUT2D eigenvalue weighted by Gasteiger charge is -2.13. The predicted molar refractivity (Wildman–Crippen MR) is 119 cm³/mol. The predicted octanol–water partition coefficient (Wildman–Crippen LogP) is 1.92. The fourth-order valence-electron chi connectivity index (χ4n) is 3.26. The first-order chi connectivity index (χ1) is 15.9. The number of nitro groups is 1. The first kappa shape index (κ1) is 23.3. The van der Waals surface area contributed by atoms with Crippen LogP contribution in [0.1, 0.15) is 39.1 Å². The quantitative estimate of drug-likeness (QED) is 0.186. The van der Waals surface area contributed by atoms with Crippen molar-refractivity contribution in [1.29, 1.82) is 0 Å². The van der Waals surface area contributed by atoms with Gasteiger partial charge >= 0.3 is 0 Å². The molecule has 3 rings (SSSR count). The highest BCUT2D eigenvalue weighted by Gasteiger charge is 2.36. The van der Waals surface area contributed by atoms with Gasteiger partial charge in [-0.2, -0.15) is 0 Å². The van der Waals surface area contributed by atoms with Gasteiger partial charge in [0.15, 0.2) is 0 Å². The fourth-order valence-corrected chi connectivity index (χ4v) is 3.26. The van der Waals surface area contributed by atoms with Crippen LogP contribution >= 0.6 is 0 Å². The van der Waals surface area contributed by atoms with E-state index < -0.39 is 16.7 Å². The minimum atomic E-state index is -0.632. The van der Waals surface area contributed by atoms with Crippen molar-refractivity contribution >= 4 is 35.4 Å². The van der Waals surface area contributed by atoms with Crippen LogP contribution in [-0.4, -0.2) is 53.1 Å². The van der Waals surface area contributed by atoms with Gasteiger partial charge in [-0.15, -0.1) is 0 Å². The number of imide groups is 1. The summed E-state index contributed by atoms with van der Waals surface area (Å²) in [5.74, 6) is -1.70. The second-order valence-corrected chi connectivity index (χ2v) is 7.24. The molecule has 0 spiro atoms. The first-order valence-electron chi connectivity index (χ1n) is 10.3. The highest BCUT2D eigenvalue weighted by molar-refractivity contribution is 6.21. The zero-order chi connectivity index (χ0) is 23.8. The lowest BCUT2D eigenvalue weighted by Crippen LogP contribution is -2.35. The number of carbonyl (C=O) groups is 4. The number of nitrogens with zero attached hydrogens (tertiary/aromatic N) is 2. The molecule has 0 aromatic heterocycles. The van der Waals surface area contributed by atoms with Gasteiger partial charge in [-0.25, -0.2) is 0 Å². The Kier molecular flexibility index (Phi) is 7.64. The van der Waals surface area contributed by atoms with Gasteiger partial charge in [-0.05, 0) is 24.1 Å². The highest BCUT2D eigenvalue weighted by atomic mass is 16.6. The minimum Gasteiger partial charge on any atom is -0.354 e. The van der Waals surface area contributed by atoms with E-state index in [1.54, 1.807) is 6.08 Å². The van der Waals surface area contributed by atoms with Crippen molar-refractivity contribution in [2.75, 3.05) is 19.6 Å². The number of non-ortho nitro benzene ring substituents is 1. The molecule has 0 atom stereocenters. The summed E-state index contributed by atoms with van der Waals surface area (Å²) in [6.45, 7) is 0.510. The Balaban J connectivity index is 1.35. The topological polar surface area (TPSA) is 139 Å². The third kappa shape index (κ3) is 6.10. The minimum absolute atomic E-state index is 0.00398. The van der Waals surface area contributed by atoms with Crippen LogP contribution in [0.4, 0.5) is 5.69 Å². The van der Waals surface area contributed by atoms with Crippen LogP contribution in [0.15, 0.2) is 54.6 Å². The summed E-state index contributed by atoms with van der Waals surface area (Å²) >= 11 is 0. The van der Waals surface area contributed by atoms with Crippen molar-refractivity contribution < 1.29 is 24.1 Å². The Morgan fingerprint density at radius 3 is 2.39 bits per heavy atom. The molecule has 4 amide bonds. The standard InChI is InChI=1S/C23H22N4O6/c28-20(24-12-13-25-21(29)11-8-16-5-2-1-3-6-16)7-4-14-26-22(30)18-10-9-17(27(32)33)15-19(18)23(26)31/h1-3,5-6,8-11,15H,4,7,12-14H2,(H,24,28)(H,25,29)/b11-8+. The molecular formula is C23H22N4O6. The van der Waals surface area contributed by atoms with Gasteiger partial charge in [0, 0.05) is 44.3 Å². The van der Waals surface area contributed by atoms with E-state index in [1.165, 1.54) is 18.2 Å². The number of carbonyl (C=O) groups excluding carboxylic acids is 4. The van der Waals surface area contributed by atoms with Crippen LogP contribution < -0.4 is 10.6 Å². The number of nitrogens with one attached hydrogen (secondary N) is 2. The number of hydrogen-bond acceptors (Lipinski definition) is 6. The summed E-state index contributed by atoms with van der Waals surface area (Å²) in [5, 5.41) is 16.2. The zero-order valence-electron chi connectivity index (χ0n) is 17.7. The van der Waals surface area contributed by atoms with Crippen molar-refractivity contribution in [3.63, 3.8) is 0 Å². The molecule has 170 valence electrons. The SMILES string of the molecule is O=C(/C=C/c1ccccc1)NCCNC(=O)CCCN1C(=O)c2ccc([N+](=O)[O-])cc2C1=O. The van der Waals surface area contributed by atoms with Crippen LogP contribution in [0.25, 0.3) is 6.08 Å². The Morgan fingerprint density at radius 2 is 1.67 bits per heavy atom. The monoisotopic (exact) mass is 450 g/mol. The first-order valence-corrected chi connectivity index (χ1v) is 10.3.